The van der Waals surface area contributed by atoms with Crippen LogP contribution in [-0.4, -0.2) is 70.2 Å². The van der Waals surface area contributed by atoms with E-state index < -0.39 is 86.9 Å². The van der Waals surface area contributed by atoms with Gasteiger partial charge in [-0.25, -0.2) is 4.79 Å². The van der Waals surface area contributed by atoms with Crippen molar-refractivity contribution < 1.29 is 74.0 Å². The van der Waals surface area contributed by atoms with Gasteiger partial charge in [0, 0.05) is 32.1 Å². The standard InChI is InChI=1S/C20H27F3O6.C20H33F3O4/c1-5-16(3,4)14(25)28-18-7-13-6-17(9-18,27-12(2)24)10-19(8-13,11-18)29-15(26)20(21,22)23;1-8-17(4,5)16(25)27-18(6)11-9-14(10-12-18)19(7,20(21,22)23)26-15(24)13(2)3/h13H,5-11H2,1-4H3;13-14H,8-12H2,1-7H3. The molecule has 0 amide bonds. The zero-order valence-corrected chi connectivity index (χ0v) is 34.6. The van der Waals surface area contributed by atoms with Crippen molar-refractivity contribution in [3.05, 3.63) is 0 Å². The number of halogens is 6. The van der Waals surface area contributed by atoms with Gasteiger partial charge in [0.05, 0.1) is 16.7 Å². The summed E-state index contributed by atoms with van der Waals surface area (Å²) in [5.41, 5.74) is -8.44. The van der Waals surface area contributed by atoms with E-state index in [1.54, 1.807) is 34.6 Å². The molecule has 5 fully saturated rings. The van der Waals surface area contributed by atoms with E-state index in [1.165, 1.54) is 20.8 Å². The first-order valence-corrected chi connectivity index (χ1v) is 19.5. The molecule has 0 aliphatic heterocycles. The lowest BCUT2D eigenvalue weighted by Gasteiger charge is -2.63. The number of esters is 5. The van der Waals surface area contributed by atoms with E-state index in [2.05, 4.69) is 0 Å². The summed E-state index contributed by atoms with van der Waals surface area (Å²) in [4.78, 5) is 60.4. The highest BCUT2D eigenvalue weighted by Crippen LogP contribution is 2.63. The summed E-state index contributed by atoms with van der Waals surface area (Å²) in [6, 6.07) is 0. The van der Waals surface area contributed by atoms with Crippen molar-refractivity contribution in [2.75, 3.05) is 0 Å². The summed E-state index contributed by atoms with van der Waals surface area (Å²) < 4.78 is 107. The summed E-state index contributed by atoms with van der Waals surface area (Å²) in [7, 11) is 0. The Bertz CT molecular complexity index is 1500. The van der Waals surface area contributed by atoms with Gasteiger partial charge in [-0.05, 0) is 105 Å². The minimum Gasteiger partial charge on any atom is -0.459 e. The Morgan fingerprint density at radius 3 is 1.41 bits per heavy atom. The molecule has 0 aromatic carbocycles. The monoisotopic (exact) mass is 814 g/mol. The van der Waals surface area contributed by atoms with E-state index >= 15 is 0 Å². The molecule has 10 nitrogen and oxygen atoms in total. The molecule has 0 N–H and O–H groups in total. The van der Waals surface area contributed by atoms with E-state index in [-0.39, 0.29) is 50.4 Å². The number of carbonyl (C=O) groups is 5. The van der Waals surface area contributed by atoms with Crippen LogP contribution < -0.4 is 0 Å². The van der Waals surface area contributed by atoms with Gasteiger partial charge in [0.2, 0.25) is 5.60 Å². The molecular weight excluding hydrogens is 754 g/mol. The summed E-state index contributed by atoms with van der Waals surface area (Å²) in [5.74, 6) is -6.19. The van der Waals surface area contributed by atoms with Crippen LogP contribution in [0.15, 0.2) is 0 Å². The van der Waals surface area contributed by atoms with Crippen molar-refractivity contribution in [1.29, 1.82) is 0 Å². The number of carbonyl (C=O) groups excluding carboxylic acids is 5. The Labute approximate surface area is 325 Å². The largest absolute Gasteiger partial charge is 0.490 e. The predicted octanol–water partition coefficient (Wildman–Crippen LogP) is 9.28. The lowest BCUT2D eigenvalue weighted by Crippen LogP contribution is -2.69. The summed E-state index contributed by atoms with van der Waals surface area (Å²) >= 11 is 0. The van der Waals surface area contributed by atoms with Crippen LogP contribution in [0, 0.1) is 28.6 Å². The fraction of sp³-hybridized carbons (Fsp3) is 0.875. The first-order valence-electron chi connectivity index (χ1n) is 19.5. The highest BCUT2D eigenvalue weighted by molar-refractivity contribution is 5.77. The molecule has 5 saturated carbocycles. The van der Waals surface area contributed by atoms with Crippen LogP contribution in [0.2, 0.25) is 0 Å². The Balaban J connectivity index is 0.000000301. The van der Waals surface area contributed by atoms with Gasteiger partial charge in [0.1, 0.15) is 22.4 Å². The maximum Gasteiger partial charge on any atom is 0.490 e. The highest BCUT2D eigenvalue weighted by Gasteiger charge is 2.69. The molecule has 5 rings (SSSR count). The molecule has 4 bridgehead atoms. The predicted molar refractivity (Wildman–Crippen MR) is 189 cm³/mol. The quantitative estimate of drug-likeness (QED) is 0.113. The molecule has 0 aromatic heterocycles. The fourth-order valence-corrected chi connectivity index (χ4v) is 8.64. The van der Waals surface area contributed by atoms with E-state index in [1.807, 2.05) is 13.8 Å². The van der Waals surface area contributed by atoms with Gasteiger partial charge in [-0.3, -0.25) is 19.2 Å². The molecule has 56 heavy (non-hydrogen) atoms. The average molecular weight is 815 g/mol. The second kappa shape index (κ2) is 15.9. The minimum atomic E-state index is -5.13. The van der Waals surface area contributed by atoms with Gasteiger partial charge in [-0.15, -0.1) is 0 Å². The molecule has 322 valence electrons. The van der Waals surface area contributed by atoms with Gasteiger partial charge in [0.15, 0.2) is 0 Å². The van der Waals surface area contributed by atoms with Crippen LogP contribution in [0.4, 0.5) is 26.3 Å². The number of alkyl halides is 6. The van der Waals surface area contributed by atoms with Crippen LogP contribution in [0.3, 0.4) is 0 Å². The smallest absolute Gasteiger partial charge is 0.459 e. The maximum absolute atomic E-state index is 13.8. The molecular formula is C40H60F6O10. The van der Waals surface area contributed by atoms with Crippen molar-refractivity contribution in [3.8, 4) is 0 Å². The van der Waals surface area contributed by atoms with Gasteiger partial charge in [0.25, 0.3) is 0 Å². The van der Waals surface area contributed by atoms with Crippen molar-refractivity contribution in [2.24, 2.45) is 28.6 Å². The highest BCUT2D eigenvalue weighted by atomic mass is 19.4. The molecule has 16 heteroatoms. The first-order chi connectivity index (χ1) is 25.2. The molecule has 0 radical (unpaired) electrons. The van der Waals surface area contributed by atoms with Gasteiger partial charge >= 0.3 is 42.2 Å². The van der Waals surface area contributed by atoms with Crippen LogP contribution in [0.5, 0.6) is 0 Å². The van der Waals surface area contributed by atoms with Crippen LogP contribution >= 0.6 is 0 Å². The van der Waals surface area contributed by atoms with E-state index in [0.29, 0.717) is 38.5 Å². The fourth-order valence-electron chi connectivity index (χ4n) is 8.64. The lowest BCUT2D eigenvalue weighted by atomic mass is 9.50. The van der Waals surface area contributed by atoms with E-state index in [9.17, 15) is 50.3 Å². The summed E-state index contributed by atoms with van der Waals surface area (Å²) in [6.07, 6.45) is -6.44. The molecule has 5 unspecified atom stereocenters. The third kappa shape index (κ3) is 10.5. The zero-order chi connectivity index (χ0) is 43.1. The first kappa shape index (κ1) is 47.3. The Morgan fingerprint density at radius 1 is 0.661 bits per heavy atom. The minimum absolute atomic E-state index is 0.0195. The second-order valence-corrected chi connectivity index (χ2v) is 18.7. The molecule has 0 spiro atoms. The Hall–Kier alpha value is -3.07. The van der Waals surface area contributed by atoms with Gasteiger partial charge in [-0.1, -0.05) is 27.7 Å². The Kier molecular flexibility index (Phi) is 13.5. The normalized spacial score (nSPS) is 31.3. The molecule has 0 saturated heterocycles. The third-order valence-corrected chi connectivity index (χ3v) is 12.5. The van der Waals surface area contributed by atoms with Crippen molar-refractivity contribution in [1.82, 2.24) is 0 Å². The van der Waals surface area contributed by atoms with Crippen LogP contribution in [-0.2, 0) is 47.7 Å². The molecule has 5 aliphatic carbocycles. The van der Waals surface area contributed by atoms with Crippen LogP contribution in [0.1, 0.15) is 153 Å². The molecule has 5 aliphatic rings. The second-order valence-electron chi connectivity index (χ2n) is 18.7. The number of ether oxygens (including phenoxy) is 5. The summed E-state index contributed by atoms with van der Waals surface area (Å²) in [6.45, 7) is 17.7. The van der Waals surface area contributed by atoms with Crippen LogP contribution in [0.25, 0.3) is 0 Å². The zero-order valence-electron chi connectivity index (χ0n) is 34.6. The Morgan fingerprint density at radius 2 is 1.05 bits per heavy atom. The number of hydrogen-bond acceptors (Lipinski definition) is 10. The third-order valence-electron chi connectivity index (χ3n) is 12.5. The SMILES string of the molecule is CCC(C)(C)C(=O)OC1(C)CCC(C(C)(OC(=O)C(C)C)C(F)(F)F)CC1.CCC(C)(C)C(=O)OC12CC3CC(OC(C)=O)(CC(OC(=O)C(F)(F)F)(C3)C1)C2. The molecule has 0 aromatic rings. The topological polar surface area (TPSA) is 132 Å². The average Bonchev–Trinajstić information content (AvgIpc) is 3.02. The van der Waals surface area contributed by atoms with Crippen molar-refractivity contribution in [3.63, 3.8) is 0 Å². The van der Waals surface area contributed by atoms with Gasteiger partial charge in [-0.2, -0.15) is 26.3 Å². The van der Waals surface area contributed by atoms with E-state index in [0.717, 1.165) is 6.92 Å². The van der Waals surface area contributed by atoms with Gasteiger partial charge < -0.3 is 23.7 Å². The molecule has 0 heterocycles. The number of hydrogen-bond donors (Lipinski definition) is 0. The van der Waals surface area contributed by atoms with Crippen molar-refractivity contribution >= 4 is 29.8 Å². The van der Waals surface area contributed by atoms with E-state index in [4.69, 9.17) is 23.7 Å². The molecule has 5 atom stereocenters. The lowest BCUT2D eigenvalue weighted by molar-refractivity contribution is -0.287. The summed E-state index contributed by atoms with van der Waals surface area (Å²) in [5, 5.41) is 0. The number of rotatable bonds is 11. The maximum atomic E-state index is 13.8. The van der Waals surface area contributed by atoms with Crippen molar-refractivity contribution in [2.45, 2.75) is 194 Å².